The standard InChI is InChI=1S/C16H15N3O/c1-16(2)8-18-15(20)12-11-4-3-9-7-17-6-5-10(9)13(11)19-14(12)16/h3-7,19H,8H2,1-2H3,(H,18,20). The van der Waals surface area contributed by atoms with Gasteiger partial charge in [0.1, 0.15) is 0 Å². The largest absolute Gasteiger partial charge is 0.357 e. The lowest BCUT2D eigenvalue weighted by Gasteiger charge is -2.29. The molecule has 0 saturated heterocycles. The molecule has 0 bridgehead atoms. The number of amides is 1. The molecule has 4 heteroatoms. The van der Waals surface area contributed by atoms with Crippen LogP contribution in [0.4, 0.5) is 0 Å². The summed E-state index contributed by atoms with van der Waals surface area (Å²) in [5, 5.41) is 6.16. The van der Waals surface area contributed by atoms with E-state index in [1.54, 1.807) is 6.20 Å². The third kappa shape index (κ3) is 1.36. The lowest BCUT2D eigenvalue weighted by molar-refractivity contribution is 0.0931. The molecule has 100 valence electrons. The number of aromatic nitrogens is 2. The summed E-state index contributed by atoms with van der Waals surface area (Å²) >= 11 is 0. The summed E-state index contributed by atoms with van der Waals surface area (Å²) in [5.74, 6) is 0.0129. The van der Waals surface area contributed by atoms with Crippen molar-refractivity contribution < 1.29 is 4.79 Å². The maximum Gasteiger partial charge on any atom is 0.253 e. The number of pyridine rings is 1. The molecule has 0 spiro atoms. The van der Waals surface area contributed by atoms with E-state index in [4.69, 9.17) is 0 Å². The van der Waals surface area contributed by atoms with Gasteiger partial charge in [-0.15, -0.1) is 0 Å². The molecule has 3 aromatic rings. The Morgan fingerprint density at radius 2 is 2.05 bits per heavy atom. The number of hydrogen-bond acceptors (Lipinski definition) is 2. The molecular weight excluding hydrogens is 250 g/mol. The quantitative estimate of drug-likeness (QED) is 0.656. The van der Waals surface area contributed by atoms with Crippen molar-refractivity contribution in [3.8, 4) is 0 Å². The Labute approximate surface area is 116 Å². The van der Waals surface area contributed by atoms with Crippen LogP contribution in [0.15, 0.2) is 30.6 Å². The van der Waals surface area contributed by atoms with Gasteiger partial charge in [0.2, 0.25) is 0 Å². The zero-order chi connectivity index (χ0) is 13.9. The molecule has 1 amide bonds. The first-order valence-corrected chi connectivity index (χ1v) is 6.75. The molecule has 3 heterocycles. The maximum absolute atomic E-state index is 12.2. The van der Waals surface area contributed by atoms with Gasteiger partial charge in [-0.3, -0.25) is 9.78 Å². The SMILES string of the molecule is CC1(C)CNC(=O)c2c1[nH]c1c2ccc2cnccc21. The number of aromatic amines is 1. The van der Waals surface area contributed by atoms with E-state index in [0.717, 1.165) is 32.9 Å². The predicted molar refractivity (Wildman–Crippen MR) is 79.0 cm³/mol. The molecule has 4 rings (SSSR count). The van der Waals surface area contributed by atoms with Crippen molar-refractivity contribution in [2.75, 3.05) is 6.54 Å². The Balaban J connectivity index is 2.19. The fraction of sp³-hybridized carbons (Fsp3) is 0.250. The van der Waals surface area contributed by atoms with E-state index >= 15 is 0 Å². The van der Waals surface area contributed by atoms with Gasteiger partial charge in [0.25, 0.3) is 5.91 Å². The van der Waals surface area contributed by atoms with Crippen LogP contribution in [0.25, 0.3) is 21.7 Å². The Morgan fingerprint density at radius 3 is 2.90 bits per heavy atom. The van der Waals surface area contributed by atoms with Crippen LogP contribution in [0.3, 0.4) is 0 Å². The van der Waals surface area contributed by atoms with E-state index in [-0.39, 0.29) is 11.3 Å². The molecule has 0 saturated carbocycles. The molecule has 1 aliphatic rings. The molecule has 0 unspecified atom stereocenters. The molecule has 0 aliphatic carbocycles. The Kier molecular flexibility index (Phi) is 2.06. The van der Waals surface area contributed by atoms with Gasteiger partial charge >= 0.3 is 0 Å². The number of H-pyrrole nitrogens is 1. The zero-order valence-corrected chi connectivity index (χ0v) is 11.4. The average Bonchev–Trinajstić information content (AvgIpc) is 2.85. The van der Waals surface area contributed by atoms with Gasteiger partial charge in [0.15, 0.2) is 0 Å². The number of benzene rings is 1. The van der Waals surface area contributed by atoms with E-state index in [2.05, 4.69) is 29.1 Å². The second-order valence-electron chi connectivity index (χ2n) is 6.03. The van der Waals surface area contributed by atoms with Crippen molar-refractivity contribution in [3.63, 3.8) is 0 Å². The zero-order valence-electron chi connectivity index (χ0n) is 11.4. The van der Waals surface area contributed by atoms with Crippen molar-refractivity contribution in [1.82, 2.24) is 15.3 Å². The molecule has 0 atom stereocenters. The van der Waals surface area contributed by atoms with Crippen molar-refractivity contribution >= 4 is 27.6 Å². The summed E-state index contributed by atoms with van der Waals surface area (Å²) in [4.78, 5) is 19.9. The topological polar surface area (TPSA) is 57.8 Å². The number of carbonyl (C=O) groups is 1. The van der Waals surface area contributed by atoms with Gasteiger partial charge in [-0.05, 0) is 6.07 Å². The van der Waals surface area contributed by atoms with Crippen molar-refractivity contribution in [1.29, 1.82) is 0 Å². The maximum atomic E-state index is 12.2. The highest BCUT2D eigenvalue weighted by Crippen LogP contribution is 2.36. The second-order valence-corrected chi connectivity index (χ2v) is 6.03. The number of carbonyl (C=O) groups excluding carboxylic acids is 1. The van der Waals surface area contributed by atoms with E-state index in [1.807, 2.05) is 24.4 Å². The van der Waals surface area contributed by atoms with Crippen LogP contribution in [-0.4, -0.2) is 22.4 Å². The average molecular weight is 265 g/mol. The normalized spacial score (nSPS) is 17.2. The molecule has 20 heavy (non-hydrogen) atoms. The lowest BCUT2D eigenvalue weighted by Crippen LogP contribution is -2.43. The fourth-order valence-corrected chi connectivity index (χ4v) is 3.06. The minimum Gasteiger partial charge on any atom is -0.357 e. The van der Waals surface area contributed by atoms with Crippen LogP contribution >= 0.6 is 0 Å². The molecule has 1 aromatic carbocycles. The molecule has 0 radical (unpaired) electrons. The summed E-state index contributed by atoms with van der Waals surface area (Å²) in [7, 11) is 0. The fourth-order valence-electron chi connectivity index (χ4n) is 3.06. The van der Waals surface area contributed by atoms with Crippen LogP contribution in [0.1, 0.15) is 29.9 Å². The first-order chi connectivity index (χ1) is 9.58. The van der Waals surface area contributed by atoms with Crippen LogP contribution < -0.4 is 5.32 Å². The lowest BCUT2D eigenvalue weighted by atomic mass is 9.83. The highest BCUT2D eigenvalue weighted by Gasteiger charge is 2.35. The monoisotopic (exact) mass is 265 g/mol. The first kappa shape index (κ1) is 11.5. The van der Waals surface area contributed by atoms with E-state index in [0.29, 0.717) is 6.54 Å². The number of nitrogens with zero attached hydrogens (tertiary/aromatic N) is 1. The summed E-state index contributed by atoms with van der Waals surface area (Å²) < 4.78 is 0. The summed E-state index contributed by atoms with van der Waals surface area (Å²) in [6, 6.07) is 6.02. The van der Waals surface area contributed by atoms with Gasteiger partial charge < -0.3 is 10.3 Å². The van der Waals surface area contributed by atoms with Crippen molar-refractivity contribution in [3.05, 3.63) is 41.9 Å². The molecule has 0 fully saturated rings. The summed E-state index contributed by atoms with van der Waals surface area (Å²) in [6.07, 6.45) is 3.63. The Bertz CT molecular complexity index is 861. The van der Waals surface area contributed by atoms with Gasteiger partial charge in [-0.25, -0.2) is 0 Å². The van der Waals surface area contributed by atoms with Crippen LogP contribution in [0.5, 0.6) is 0 Å². The smallest absolute Gasteiger partial charge is 0.253 e. The summed E-state index contributed by atoms with van der Waals surface area (Å²) in [6.45, 7) is 4.94. The summed E-state index contributed by atoms with van der Waals surface area (Å²) in [5.41, 5.74) is 2.76. The first-order valence-electron chi connectivity index (χ1n) is 6.75. The van der Waals surface area contributed by atoms with Crippen LogP contribution in [0.2, 0.25) is 0 Å². The molecular formula is C16H15N3O. The van der Waals surface area contributed by atoms with Gasteiger partial charge in [0.05, 0.1) is 11.1 Å². The third-order valence-electron chi connectivity index (χ3n) is 4.18. The number of fused-ring (bicyclic) bond motifs is 5. The van der Waals surface area contributed by atoms with E-state index in [1.165, 1.54) is 0 Å². The predicted octanol–water partition coefficient (Wildman–Crippen LogP) is 2.74. The number of nitrogens with one attached hydrogen (secondary N) is 2. The molecule has 4 nitrogen and oxygen atoms in total. The number of rotatable bonds is 0. The highest BCUT2D eigenvalue weighted by molar-refractivity contribution is 6.15. The molecule has 2 N–H and O–H groups in total. The Hall–Kier alpha value is -2.36. The van der Waals surface area contributed by atoms with Gasteiger partial charge in [-0.1, -0.05) is 26.0 Å². The van der Waals surface area contributed by atoms with Gasteiger partial charge in [-0.2, -0.15) is 0 Å². The third-order valence-corrected chi connectivity index (χ3v) is 4.18. The minimum absolute atomic E-state index is 0.0129. The minimum atomic E-state index is -0.0817. The van der Waals surface area contributed by atoms with Gasteiger partial charge in [0, 0.05) is 46.2 Å². The Morgan fingerprint density at radius 1 is 1.20 bits per heavy atom. The highest BCUT2D eigenvalue weighted by atomic mass is 16.1. The van der Waals surface area contributed by atoms with Crippen LogP contribution in [-0.2, 0) is 5.41 Å². The number of hydrogen-bond donors (Lipinski definition) is 2. The van der Waals surface area contributed by atoms with Crippen LogP contribution in [0, 0.1) is 0 Å². The van der Waals surface area contributed by atoms with E-state index < -0.39 is 0 Å². The van der Waals surface area contributed by atoms with E-state index in [9.17, 15) is 4.79 Å². The second kappa shape index (κ2) is 3.60. The molecule has 1 aliphatic heterocycles. The van der Waals surface area contributed by atoms with Crippen molar-refractivity contribution in [2.24, 2.45) is 0 Å². The molecule has 2 aromatic heterocycles. The van der Waals surface area contributed by atoms with Crippen molar-refractivity contribution in [2.45, 2.75) is 19.3 Å².